The number of esters is 1. The first-order valence-corrected chi connectivity index (χ1v) is 11.9. The van der Waals surface area contributed by atoms with Crippen LogP contribution in [0.3, 0.4) is 0 Å². The van der Waals surface area contributed by atoms with Gasteiger partial charge < -0.3 is 14.6 Å². The summed E-state index contributed by atoms with van der Waals surface area (Å²) >= 11 is 0. The first-order chi connectivity index (χ1) is 16.3. The van der Waals surface area contributed by atoms with Gasteiger partial charge in [-0.05, 0) is 55.0 Å². The van der Waals surface area contributed by atoms with Crippen LogP contribution in [0.1, 0.15) is 60.0 Å². The molecule has 34 heavy (non-hydrogen) atoms. The molecule has 178 valence electrons. The number of nitrogens with zero attached hydrogens (tertiary/aromatic N) is 1. The summed E-state index contributed by atoms with van der Waals surface area (Å²) in [6.45, 7) is 7.28. The summed E-state index contributed by atoms with van der Waals surface area (Å²) in [5, 5.41) is 4.89. The van der Waals surface area contributed by atoms with Gasteiger partial charge in [-0.25, -0.2) is 4.79 Å². The van der Waals surface area contributed by atoms with Gasteiger partial charge in [-0.3, -0.25) is 9.59 Å². The monoisotopic (exact) mass is 460 g/mol. The number of aromatic nitrogens is 1. The van der Waals surface area contributed by atoms with Crippen molar-refractivity contribution in [2.24, 2.45) is 5.92 Å². The second-order valence-electron chi connectivity index (χ2n) is 9.52. The smallest absolute Gasteiger partial charge is 0.329 e. The number of carbonyl (C=O) groups excluding carboxylic acids is 3. The summed E-state index contributed by atoms with van der Waals surface area (Å²) < 4.78 is 7.56. The lowest BCUT2D eigenvalue weighted by Gasteiger charge is -2.21. The summed E-state index contributed by atoms with van der Waals surface area (Å²) in [4.78, 5) is 38.4. The van der Waals surface area contributed by atoms with Gasteiger partial charge in [-0.2, -0.15) is 0 Å². The highest BCUT2D eigenvalue weighted by atomic mass is 16.5. The number of hydrogen-bond acceptors (Lipinski definition) is 4. The number of nitrogens with one attached hydrogen (secondary N) is 1. The molecule has 0 radical (unpaired) electrons. The van der Waals surface area contributed by atoms with E-state index in [2.05, 4.69) is 9.88 Å². The number of Topliss-reactive ketones (excluding diaryl/α,β-unsaturated/α-hetero) is 1. The van der Waals surface area contributed by atoms with Crippen LogP contribution < -0.4 is 5.32 Å². The zero-order valence-corrected chi connectivity index (χ0v) is 20.3. The minimum Gasteiger partial charge on any atom is -0.456 e. The Kier molecular flexibility index (Phi) is 6.87. The molecule has 0 unspecified atom stereocenters. The first kappa shape index (κ1) is 23.7. The van der Waals surface area contributed by atoms with E-state index in [0.717, 1.165) is 40.6 Å². The molecule has 0 bridgehead atoms. The molecule has 4 rings (SSSR count). The van der Waals surface area contributed by atoms with Crippen LogP contribution in [-0.4, -0.2) is 34.9 Å². The number of ether oxygens (including phenoxy) is 1. The number of hydrogen-bond donors (Lipinski definition) is 1. The zero-order valence-electron chi connectivity index (χ0n) is 20.3. The third-order valence-electron chi connectivity index (χ3n) is 6.51. The van der Waals surface area contributed by atoms with Crippen LogP contribution in [0.4, 0.5) is 0 Å². The van der Waals surface area contributed by atoms with Gasteiger partial charge >= 0.3 is 5.97 Å². The van der Waals surface area contributed by atoms with Crippen molar-refractivity contribution in [1.29, 1.82) is 0 Å². The van der Waals surface area contributed by atoms with E-state index >= 15 is 0 Å². The lowest BCUT2D eigenvalue weighted by molar-refractivity contribution is -0.148. The molecule has 1 aliphatic carbocycles. The summed E-state index contributed by atoms with van der Waals surface area (Å²) in [6, 6.07) is 15.3. The Morgan fingerprint density at radius 2 is 1.76 bits per heavy atom. The van der Waals surface area contributed by atoms with Gasteiger partial charge in [0.1, 0.15) is 6.04 Å². The number of aryl methyl sites for hydroxylation is 1. The fourth-order valence-corrected chi connectivity index (χ4v) is 4.60. The molecule has 0 aliphatic heterocycles. The Balaban J connectivity index is 1.38. The molecule has 1 N–H and O–H groups in total. The Labute approximate surface area is 200 Å². The summed E-state index contributed by atoms with van der Waals surface area (Å²) in [6.07, 6.45) is 2.42. The standard InChI is InChI=1S/C28H32N2O4/c1-17(2)27(29-26(32)15-21-10-7-9-20-8-5-6-11-23(20)21)28(33)34-16-25(31)24-14-18(3)30(19(24)4)22-12-13-22/h5-11,14,17,22,27H,12-13,15-16H2,1-4H3,(H,29,32)/t27-/m0/s1. The van der Waals surface area contributed by atoms with Crippen LogP contribution in [0.15, 0.2) is 48.5 Å². The highest BCUT2D eigenvalue weighted by molar-refractivity contribution is 5.99. The van der Waals surface area contributed by atoms with Crippen LogP contribution in [0.25, 0.3) is 10.8 Å². The predicted octanol–water partition coefficient (Wildman–Crippen LogP) is 4.70. The van der Waals surface area contributed by atoms with E-state index in [1.165, 1.54) is 0 Å². The van der Waals surface area contributed by atoms with Crippen LogP contribution in [-0.2, 0) is 20.7 Å². The average molecular weight is 461 g/mol. The van der Waals surface area contributed by atoms with Crippen LogP contribution in [0.2, 0.25) is 0 Å². The van der Waals surface area contributed by atoms with E-state index in [1.807, 2.05) is 76.2 Å². The van der Waals surface area contributed by atoms with Gasteiger partial charge in [0, 0.05) is 23.0 Å². The molecule has 1 aromatic heterocycles. The molecule has 1 aliphatic rings. The van der Waals surface area contributed by atoms with E-state index in [4.69, 9.17) is 4.74 Å². The van der Waals surface area contributed by atoms with Crippen molar-refractivity contribution in [2.45, 2.75) is 59.0 Å². The number of rotatable bonds is 9. The zero-order chi connectivity index (χ0) is 24.4. The minimum absolute atomic E-state index is 0.157. The third kappa shape index (κ3) is 5.06. The van der Waals surface area contributed by atoms with Crippen LogP contribution in [0.5, 0.6) is 0 Å². The fraction of sp³-hybridized carbons (Fsp3) is 0.393. The molecule has 1 fully saturated rings. The van der Waals surface area contributed by atoms with Gasteiger partial charge in [-0.15, -0.1) is 0 Å². The molecule has 1 amide bonds. The quantitative estimate of drug-likeness (QED) is 0.371. The fourth-order valence-electron chi connectivity index (χ4n) is 4.60. The Morgan fingerprint density at radius 3 is 2.47 bits per heavy atom. The Hall–Kier alpha value is -3.41. The molecular formula is C28H32N2O4. The van der Waals surface area contributed by atoms with E-state index < -0.39 is 12.0 Å². The van der Waals surface area contributed by atoms with Crippen LogP contribution in [0, 0.1) is 19.8 Å². The van der Waals surface area contributed by atoms with E-state index in [0.29, 0.717) is 11.6 Å². The van der Waals surface area contributed by atoms with Gasteiger partial charge in [0.25, 0.3) is 0 Å². The van der Waals surface area contributed by atoms with Crippen LogP contribution >= 0.6 is 0 Å². The van der Waals surface area contributed by atoms with Gasteiger partial charge in [0.15, 0.2) is 6.61 Å². The van der Waals surface area contributed by atoms with E-state index in [-0.39, 0.29) is 30.6 Å². The Morgan fingerprint density at radius 1 is 1.06 bits per heavy atom. The summed E-state index contributed by atoms with van der Waals surface area (Å²) in [5.74, 6) is -1.26. The largest absolute Gasteiger partial charge is 0.456 e. The second-order valence-corrected chi connectivity index (χ2v) is 9.52. The lowest BCUT2D eigenvalue weighted by Crippen LogP contribution is -2.46. The molecule has 6 nitrogen and oxygen atoms in total. The molecular weight excluding hydrogens is 428 g/mol. The van der Waals surface area contributed by atoms with Crippen molar-refractivity contribution in [3.63, 3.8) is 0 Å². The summed E-state index contributed by atoms with van der Waals surface area (Å²) in [5.41, 5.74) is 3.46. The molecule has 3 aromatic rings. The molecule has 1 atom stereocenters. The van der Waals surface area contributed by atoms with Crippen molar-refractivity contribution in [3.8, 4) is 0 Å². The topological polar surface area (TPSA) is 77.4 Å². The minimum atomic E-state index is -0.825. The van der Waals surface area contributed by atoms with Crippen molar-refractivity contribution in [3.05, 3.63) is 71.0 Å². The first-order valence-electron chi connectivity index (χ1n) is 11.9. The predicted molar refractivity (Wildman–Crippen MR) is 132 cm³/mol. The maximum absolute atomic E-state index is 12.8. The highest BCUT2D eigenvalue weighted by Crippen LogP contribution is 2.38. The lowest BCUT2D eigenvalue weighted by atomic mass is 10.0. The SMILES string of the molecule is Cc1cc(C(=O)COC(=O)[C@@H](NC(=O)Cc2cccc3ccccc23)C(C)C)c(C)n1C1CC1. The van der Waals surface area contributed by atoms with Crippen molar-refractivity contribution >= 4 is 28.4 Å². The van der Waals surface area contributed by atoms with Gasteiger partial charge in [0.2, 0.25) is 11.7 Å². The number of amides is 1. The number of ketones is 1. The summed E-state index contributed by atoms with van der Waals surface area (Å²) in [7, 11) is 0. The second kappa shape index (κ2) is 9.84. The van der Waals surface area contributed by atoms with Crippen molar-refractivity contribution < 1.29 is 19.1 Å². The molecule has 6 heteroatoms. The number of fused-ring (bicyclic) bond motifs is 1. The number of carbonyl (C=O) groups is 3. The van der Waals surface area contributed by atoms with Crippen molar-refractivity contribution in [1.82, 2.24) is 9.88 Å². The normalized spacial score (nSPS) is 14.3. The Bertz CT molecular complexity index is 1230. The molecule has 0 saturated heterocycles. The van der Waals surface area contributed by atoms with E-state index in [9.17, 15) is 14.4 Å². The van der Waals surface area contributed by atoms with Crippen molar-refractivity contribution in [2.75, 3.05) is 6.61 Å². The number of benzene rings is 2. The highest BCUT2D eigenvalue weighted by Gasteiger charge is 2.30. The molecule has 1 heterocycles. The maximum atomic E-state index is 12.8. The maximum Gasteiger partial charge on any atom is 0.329 e. The van der Waals surface area contributed by atoms with Gasteiger partial charge in [0.05, 0.1) is 6.42 Å². The molecule has 2 aromatic carbocycles. The average Bonchev–Trinajstić information content (AvgIpc) is 3.59. The molecule has 1 saturated carbocycles. The molecule has 0 spiro atoms. The third-order valence-corrected chi connectivity index (χ3v) is 6.51. The van der Waals surface area contributed by atoms with E-state index in [1.54, 1.807) is 0 Å². The van der Waals surface area contributed by atoms with Gasteiger partial charge in [-0.1, -0.05) is 56.3 Å².